The molecule has 142 valence electrons. The van der Waals surface area contributed by atoms with E-state index in [1.807, 2.05) is 6.92 Å². The van der Waals surface area contributed by atoms with Gasteiger partial charge in [-0.15, -0.1) is 0 Å². The molecule has 1 aromatic carbocycles. The third-order valence-electron chi connectivity index (χ3n) is 5.86. The molecule has 6 heteroatoms. The molecule has 27 heavy (non-hydrogen) atoms. The van der Waals surface area contributed by atoms with Crippen molar-refractivity contribution in [2.24, 2.45) is 5.92 Å². The molecule has 1 atom stereocenters. The minimum atomic E-state index is -0.382. The number of ether oxygens (including phenoxy) is 1. The van der Waals surface area contributed by atoms with E-state index in [1.54, 1.807) is 13.0 Å². The van der Waals surface area contributed by atoms with Crippen LogP contribution in [0.2, 0.25) is 0 Å². The van der Waals surface area contributed by atoms with Crippen LogP contribution in [-0.2, 0) is 22.4 Å². The predicted octanol–water partition coefficient (Wildman–Crippen LogP) is 3.48. The van der Waals surface area contributed by atoms with E-state index in [9.17, 15) is 14.0 Å². The first-order chi connectivity index (χ1) is 12.9. The molecule has 1 heterocycles. The third-order valence-corrected chi connectivity index (χ3v) is 5.86. The highest BCUT2D eigenvalue weighted by atomic mass is 19.1. The molecule has 0 bridgehead atoms. The van der Waals surface area contributed by atoms with Gasteiger partial charge in [-0.1, -0.05) is 6.07 Å². The lowest BCUT2D eigenvalue weighted by atomic mass is 9.86. The van der Waals surface area contributed by atoms with Crippen molar-refractivity contribution in [3.8, 4) is 0 Å². The number of methoxy groups -OCH3 is 1. The van der Waals surface area contributed by atoms with Crippen LogP contribution in [0.5, 0.6) is 0 Å². The maximum absolute atomic E-state index is 14.2. The van der Waals surface area contributed by atoms with Crippen LogP contribution in [0.1, 0.15) is 63.6 Å². The Labute approximate surface area is 157 Å². The Morgan fingerprint density at radius 3 is 2.63 bits per heavy atom. The van der Waals surface area contributed by atoms with E-state index in [-0.39, 0.29) is 23.6 Å². The summed E-state index contributed by atoms with van der Waals surface area (Å²) in [6, 6.07) is 3.17. The number of carbonyl (C=O) groups excluding carboxylic acids is 2. The number of hydrogen-bond acceptors (Lipinski definition) is 4. The molecular weight excluding hydrogens is 347 g/mol. The van der Waals surface area contributed by atoms with Crippen LogP contribution in [0.4, 0.5) is 4.39 Å². The average Bonchev–Trinajstić information content (AvgIpc) is 3.46. The maximum atomic E-state index is 14.2. The monoisotopic (exact) mass is 370 g/mol. The topological polar surface area (TPSA) is 61.2 Å². The lowest BCUT2D eigenvalue weighted by Gasteiger charge is -2.21. The molecule has 2 aliphatic carbocycles. The number of carbonyl (C=O) groups is 2. The number of aryl methyl sites for hydroxylation is 1. The fourth-order valence-corrected chi connectivity index (χ4v) is 4.16. The Bertz CT molecular complexity index is 943. The van der Waals surface area contributed by atoms with Crippen molar-refractivity contribution in [1.82, 2.24) is 9.78 Å². The summed E-state index contributed by atoms with van der Waals surface area (Å²) in [6.07, 6.45) is 3.83. The molecule has 0 saturated heterocycles. The van der Waals surface area contributed by atoms with Crippen molar-refractivity contribution < 1.29 is 18.7 Å². The molecule has 0 spiro atoms. The standard InChI is InChI=1S/C21H23FN2O3/c1-11-17(22)9-8-16(13-4-5-13)19(11)20(25)24-18-10-14(21(26)27-3)6-7-15(18)12(2)23-24/h8-9,13-14H,4-7,10H2,1-3H3. The Kier molecular flexibility index (Phi) is 4.36. The molecule has 5 nitrogen and oxygen atoms in total. The summed E-state index contributed by atoms with van der Waals surface area (Å²) in [6.45, 7) is 3.52. The van der Waals surface area contributed by atoms with Crippen LogP contribution < -0.4 is 0 Å². The van der Waals surface area contributed by atoms with Gasteiger partial charge >= 0.3 is 5.97 Å². The SMILES string of the molecule is COC(=O)C1CCc2c(C)nn(C(=O)c3c(C4CC4)ccc(F)c3C)c2C1. The second kappa shape index (κ2) is 6.59. The fraction of sp³-hybridized carbons (Fsp3) is 0.476. The van der Waals surface area contributed by atoms with Gasteiger partial charge in [0.25, 0.3) is 5.91 Å². The van der Waals surface area contributed by atoms with Crippen molar-refractivity contribution in [3.63, 3.8) is 0 Å². The van der Waals surface area contributed by atoms with E-state index in [0.717, 1.165) is 35.4 Å². The number of hydrogen-bond donors (Lipinski definition) is 0. The van der Waals surface area contributed by atoms with Gasteiger partial charge in [-0.2, -0.15) is 5.10 Å². The van der Waals surface area contributed by atoms with E-state index < -0.39 is 0 Å². The van der Waals surface area contributed by atoms with Crippen LogP contribution in [-0.4, -0.2) is 28.8 Å². The minimum Gasteiger partial charge on any atom is -0.469 e. The summed E-state index contributed by atoms with van der Waals surface area (Å²) in [5, 5.41) is 4.47. The summed E-state index contributed by atoms with van der Waals surface area (Å²) < 4.78 is 20.5. The Morgan fingerprint density at radius 1 is 1.22 bits per heavy atom. The number of halogens is 1. The average molecular weight is 370 g/mol. The van der Waals surface area contributed by atoms with Crippen molar-refractivity contribution in [1.29, 1.82) is 0 Å². The van der Waals surface area contributed by atoms with E-state index >= 15 is 0 Å². The van der Waals surface area contributed by atoms with E-state index in [2.05, 4.69) is 5.10 Å². The fourth-order valence-electron chi connectivity index (χ4n) is 4.16. The van der Waals surface area contributed by atoms with Gasteiger partial charge in [0.2, 0.25) is 0 Å². The quantitative estimate of drug-likeness (QED) is 0.776. The molecule has 1 fully saturated rings. The number of rotatable bonds is 3. The summed E-state index contributed by atoms with van der Waals surface area (Å²) in [5.41, 5.74) is 4.26. The van der Waals surface area contributed by atoms with Gasteiger partial charge in [-0.25, -0.2) is 9.07 Å². The zero-order valence-electron chi connectivity index (χ0n) is 15.8. The van der Waals surface area contributed by atoms with Crippen LogP contribution >= 0.6 is 0 Å². The Hall–Kier alpha value is -2.50. The van der Waals surface area contributed by atoms with Crippen LogP contribution in [0.15, 0.2) is 12.1 Å². The van der Waals surface area contributed by atoms with Crippen LogP contribution in [0.25, 0.3) is 0 Å². The molecule has 0 radical (unpaired) electrons. The predicted molar refractivity (Wildman–Crippen MR) is 97.3 cm³/mol. The number of fused-ring (bicyclic) bond motifs is 1. The first kappa shape index (κ1) is 17.9. The molecule has 1 unspecified atom stereocenters. The highest BCUT2D eigenvalue weighted by molar-refractivity contribution is 5.99. The van der Waals surface area contributed by atoms with Gasteiger partial charge in [0, 0.05) is 6.42 Å². The molecular formula is C21H23FN2O3. The third kappa shape index (κ3) is 2.97. The summed E-state index contributed by atoms with van der Waals surface area (Å²) in [4.78, 5) is 25.4. The first-order valence-corrected chi connectivity index (χ1v) is 9.41. The zero-order valence-corrected chi connectivity index (χ0v) is 15.8. The lowest BCUT2D eigenvalue weighted by molar-refractivity contribution is -0.145. The summed E-state index contributed by atoms with van der Waals surface area (Å²) in [7, 11) is 1.38. The van der Waals surface area contributed by atoms with Crippen LogP contribution in [0, 0.1) is 25.6 Å². The molecule has 4 rings (SSSR count). The van der Waals surface area contributed by atoms with Gasteiger partial charge in [-0.3, -0.25) is 9.59 Å². The van der Waals surface area contributed by atoms with Crippen molar-refractivity contribution in [2.45, 2.75) is 51.9 Å². The molecule has 0 N–H and O–H groups in total. The van der Waals surface area contributed by atoms with E-state index in [1.165, 1.54) is 17.9 Å². The molecule has 2 aromatic rings. The molecule has 0 aliphatic heterocycles. The molecule has 1 saturated carbocycles. The van der Waals surface area contributed by atoms with Gasteiger partial charge in [0.05, 0.1) is 30.0 Å². The van der Waals surface area contributed by atoms with Gasteiger partial charge in [0.15, 0.2) is 0 Å². The molecule has 0 amide bonds. The highest BCUT2D eigenvalue weighted by Crippen LogP contribution is 2.43. The van der Waals surface area contributed by atoms with Gasteiger partial charge < -0.3 is 4.74 Å². The molecule has 2 aliphatic rings. The number of benzene rings is 1. The maximum Gasteiger partial charge on any atom is 0.309 e. The first-order valence-electron chi connectivity index (χ1n) is 9.41. The smallest absolute Gasteiger partial charge is 0.309 e. The van der Waals surface area contributed by atoms with Crippen molar-refractivity contribution >= 4 is 11.9 Å². The van der Waals surface area contributed by atoms with Crippen molar-refractivity contribution in [2.75, 3.05) is 7.11 Å². The van der Waals surface area contributed by atoms with E-state index in [0.29, 0.717) is 36.3 Å². The normalized spacial score (nSPS) is 18.9. The van der Waals surface area contributed by atoms with Crippen LogP contribution in [0.3, 0.4) is 0 Å². The number of nitrogens with zero attached hydrogens (tertiary/aromatic N) is 2. The zero-order chi connectivity index (χ0) is 19.3. The Morgan fingerprint density at radius 2 is 1.96 bits per heavy atom. The minimum absolute atomic E-state index is 0.265. The van der Waals surface area contributed by atoms with E-state index in [4.69, 9.17) is 4.74 Å². The summed E-state index contributed by atoms with van der Waals surface area (Å²) in [5.74, 6) is -0.906. The number of esters is 1. The number of aromatic nitrogens is 2. The Balaban J connectivity index is 1.79. The molecule has 1 aromatic heterocycles. The second-order valence-corrected chi connectivity index (χ2v) is 7.60. The second-order valence-electron chi connectivity index (χ2n) is 7.60. The van der Waals surface area contributed by atoms with Gasteiger partial charge in [-0.05, 0) is 68.2 Å². The summed E-state index contributed by atoms with van der Waals surface area (Å²) >= 11 is 0. The largest absolute Gasteiger partial charge is 0.469 e. The lowest BCUT2D eigenvalue weighted by Crippen LogP contribution is -2.27. The van der Waals surface area contributed by atoms with Crippen molar-refractivity contribution in [3.05, 3.63) is 51.6 Å². The van der Waals surface area contributed by atoms with Gasteiger partial charge in [0.1, 0.15) is 5.82 Å². The highest BCUT2D eigenvalue weighted by Gasteiger charge is 2.34.